The third-order valence-corrected chi connectivity index (χ3v) is 4.63. The van der Waals surface area contributed by atoms with Crippen LogP contribution >= 0.6 is 11.3 Å². The molecule has 1 aromatic carbocycles. The maximum atomic E-state index is 12.7. The number of hydrogen-bond donors (Lipinski definition) is 0. The molecule has 0 N–H and O–H groups in total. The molecule has 0 aliphatic heterocycles. The van der Waals surface area contributed by atoms with Crippen molar-refractivity contribution in [2.45, 2.75) is 26.6 Å². The van der Waals surface area contributed by atoms with Gasteiger partial charge in [0.2, 0.25) is 4.96 Å². The molecule has 0 saturated heterocycles. The van der Waals surface area contributed by atoms with Gasteiger partial charge < -0.3 is 4.84 Å². The van der Waals surface area contributed by atoms with Crippen molar-refractivity contribution in [3.63, 3.8) is 0 Å². The second-order valence-corrected chi connectivity index (χ2v) is 6.10. The topological polar surface area (TPSA) is 51.8 Å². The zero-order valence-electron chi connectivity index (χ0n) is 12.8. The number of fused-ring (bicyclic) bond motifs is 1. The Morgan fingerprint density at radius 2 is 2.17 bits per heavy atom. The van der Waals surface area contributed by atoms with Crippen LogP contribution in [0.4, 0.5) is 13.2 Å². The minimum atomic E-state index is -4.37. The molecule has 0 spiro atoms. The van der Waals surface area contributed by atoms with Crippen LogP contribution in [0.3, 0.4) is 0 Å². The van der Waals surface area contributed by atoms with E-state index in [0.717, 1.165) is 27.7 Å². The van der Waals surface area contributed by atoms with Gasteiger partial charge in [0.05, 0.1) is 21.8 Å². The van der Waals surface area contributed by atoms with E-state index in [1.54, 1.807) is 17.5 Å². The summed E-state index contributed by atoms with van der Waals surface area (Å²) in [6.45, 7) is 3.62. The molecule has 2 heterocycles. The van der Waals surface area contributed by atoms with Crippen LogP contribution in [-0.2, 0) is 17.6 Å². The lowest BCUT2D eigenvalue weighted by Crippen LogP contribution is -2.05. The van der Waals surface area contributed by atoms with Crippen molar-refractivity contribution < 1.29 is 18.0 Å². The number of hydrogen-bond acceptors (Lipinski definition) is 5. The molecule has 0 amide bonds. The van der Waals surface area contributed by atoms with Crippen molar-refractivity contribution in [2.24, 2.45) is 5.16 Å². The van der Waals surface area contributed by atoms with Gasteiger partial charge in [0.1, 0.15) is 12.9 Å². The molecule has 0 bridgehead atoms. The molecular weight excluding hydrogens is 341 g/mol. The lowest BCUT2D eigenvalue weighted by molar-refractivity contribution is -0.137. The highest BCUT2D eigenvalue weighted by Crippen LogP contribution is 2.29. The first-order valence-electron chi connectivity index (χ1n) is 6.98. The second kappa shape index (κ2) is 6.23. The number of alkyl halides is 3. The van der Waals surface area contributed by atoms with Gasteiger partial charge in [-0.25, -0.2) is 9.50 Å². The summed E-state index contributed by atoms with van der Waals surface area (Å²) >= 11 is 1.42. The van der Waals surface area contributed by atoms with Gasteiger partial charge in [0.15, 0.2) is 0 Å². The third-order valence-electron chi connectivity index (χ3n) is 3.37. The van der Waals surface area contributed by atoms with Crippen molar-refractivity contribution >= 4 is 22.0 Å². The lowest BCUT2D eigenvalue weighted by Gasteiger charge is -2.08. The summed E-state index contributed by atoms with van der Waals surface area (Å²) < 4.78 is 39.7. The minimum Gasteiger partial charge on any atom is -0.391 e. The summed E-state index contributed by atoms with van der Waals surface area (Å²) in [6.07, 6.45) is -2.90. The molecule has 0 saturated carbocycles. The van der Waals surface area contributed by atoms with Crippen LogP contribution in [0.1, 0.15) is 28.6 Å². The molecule has 0 fully saturated rings. The third kappa shape index (κ3) is 3.25. The van der Waals surface area contributed by atoms with E-state index in [2.05, 4.69) is 15.2 Å². The maximum absolute atomic E-state index is 12.7. The number of aromatic nitrogens is 3. The van der Waals surface area contributed by atoms with Crippen LogP contribution in [-0.4, -0.2) is 20.3 Å². The second-order valence-electron chi connectivity index (χ2n) is 5.12. The first-order valence-corrected chi connectivity index (χ1v) is 7.80. The smallest absolute Gasteiger partial charge is 0.391 e. The monoisotopic (exact) mass is 354 g/mol. The first kappa shape index (κ1) is 16.4. The van der Waals surface area contributed by atoms with Crippen LogP contribution in [0.2, 0.25) is 0 Å². The Hall–Kier alpha value is -2.42. The van der Waals surface area contributed by atoms with E-state index >= 15 is 0 Å². The fourth-order valence-corrected chi connectivity index (χ4v) is 3.18. The number of oxime groups is 1. The van der Waals surface area contributed by atoms with Crippen molar-refractivity contribution in [1.29, 1.82) is 0 Å². The Labute approximate surface area is 139 Å². The van der Waals surface area contributed by atoms with Gasteiger partial charge in [0.25, 0.3) is 0 Å². The lowest BCUT2D eigenvalue weighted by atomic mass is 10.1. The van der Waals surface area contributed by atoms with Gasteiger partial charge in [-0.2, -0.15) is 18.3 Å². The average molecular weight is 354 g/mol. The maximum Gasteiger partial charge on any atom is 0.416 e. The first-order chi connectivity index (χ1) is 11.4. The fraction of sp³-hybridized carbons (Fsp3) is 0.267. The van der Waals surface area contributed by atoms with E-state index in [1.165, 1.54) is 23.7 Å². The van der Waals surface area contributed by atoms with Gasteiger partial charge >= 0.3 is 6.18 Å². The molecule has 0 aliphatic rings. The predicted octanol–water partition coefficient (Wildman–Crippen LogP) is 4.06. The Morgan fingerprint density at radius 3 is 2.88 bits per heavy atom. The Balaban J connectivity index is 1.72. The van der Waals surface area contributed by atoms with Crippen LogP contribution < -0.4 is 0 Å². The zero-order valence-corrected chi connectivity index (χ0v) is 13.6. The van der Waals surface area contributed by atoms with Gasteiger partial charge in [0, 0.05) is 0 Å². The van der Waals surface area contributed by atoms with E-state index in [0.29, 0.717) is 11.3 Å². The van der Waals surface area contributed by atoms with Gasteiger partial charge in [-0.05, 0) is 31.5 Å². The number of halogens is 3. The Morgan fingerprint density at radius 1 is 1.38 bits per heavy atom. The summed E-state index contributed by atoms with van der Waals surface area (Å²) in [4.78, 5) is 10.9. The van der Waals surface area contributed by atoms with E-state index in [4.69, 9.17) is 4.84 Å². The number of benzene rings is 1. The summed E-state index contributed by atoms with van der Waals surface area (Å²) in [6, 6.07) is 4.99. The van der Waals surface area contributed by atoms with Gasteiger partial charge in [-0.3, -0.25) is 0 Å². The van der Waals surface area contributed by atoms with Gasteiger partial charge in [-0.15, -0.1) is 0 Å². The van der Waals surface area contributed by atoms with Crippen LogP contribution in [0.15, 0.2) is 35.7 Å². The molecule has 2 aromatic heterocycles. The Kier molecular flexibility index (Phi) is 4.27. The molecule has 9 heteroatoms. The van der Waals surface area contributed by atoms with Gasteiger partial charge in [-0.1, -0.05) is 28.6 Å². The molecule has 0 radical (unpaired) electrons. The SMILES string of the molecule is C/C(=N/OCc1cccc(C(F)(F)F)c1)c1sc2ncnn2c1C. The van der Waals surface area contributed by atoms with Crippen molar-refractivity contribution in [3.8, 4) is 0 Å². The largest absolute Gasteiger partial charge is 0.416 e. The summed E-state index contributed by atoms with van der Waals surface area (Å²) in [5.74, 6) is 0. The van der Waals surface area contributed by atoms with E-state index < -0.39 is 11.7 Å². The highest BCUT2D eigenvalue weighted by Gasteiger charge is 2.30. The van der Waals surface area contributed by atoms with Crippen molar-refractivity contribution in [3.05, 3.63) is 52.3 Å². The Bertz CT molecular complexity index is 898. The van der Waals surface area contributed by atoms with Crippen LogP contribution in [0, 0.1) is 6.92 Å². The highest BCUT2D eigenvalue weighted by atomic mass is 32.1. The molecule has 0 unspecified atom stereocenters. The number of aryl methyl sites for hydroxylation is 1. The number of thiazole rings is 1. The predicted molar refractivity (Wildman–Crippen MR) is 84.0 cm³/mol. The standard InChI is InChI=1S/C15H13F3N4OS/c1-9(13-10(2)22-14(24-13)19-8-20-22)21-23-7-11-4-3-5-12(6-11)15(16,17)18/h3-6,8H,7H2,1-2H3/b21-9-. The molecule has 24 heavy (non-hydrogen) atoms. The zero-order chi connectivity index (χ0) is 17.3. The van der Waals surface area contributed by atoms with E-state index in [1.807, 2.05) is 6.92 Å². The fourth-order valence-electron chi connectivity index (χ4n) is 2.21. The summed E-state index contributed by atoms with van der Waals surface area (Å²) in [5, 5.41) is 8.09. The molecule has 5 nitrogen and oxygen atoms in total. The van der Waals surface area contributed by atoms with Crippen LogP contribution in [0.5, 0.6) is 0 Å². The quantitative estimate of drug-likeness (QED) is 0.524. The van der Waals surface area contributed by atoms with E-state index in [9.17, 15) is 13.2 Å². The molecule has 0 atom stereocenters. The molecule has 126 valence electrons. The minimum absolute atomic E-state index is 0.0406. The number of rotatable bonds is 4. The molecule has 3 rings (SSSR count). The van der Waals surface area contributed by atoms with Crippen molar-refractivity contribution in [1.82, 2.24) is 14.6 Å². The van der Waals surface area contributed by atoms with E-state index in [-0.39, 0.29) is 6.61 Å². The van der Waals surface area contributed by atoms with Crippen molar-refractivity contribution in [2.75, 3.05) is 0 Å². The number of nitrogens with zero attached hydrogens (tertiary/aromatic N) is 4. The average Bonchev–Trinajstić information content (AvgIpc) is 3.10. The highest BCUT2D eigenvalue weighted by molar-refractivity contribution is 7.19. The van der Waals surface area contributed by atoms with Crippen LogP contribution in [0.25, 0.3) is 4.96 Å². The molecular formula is C15H13F3N4OS. The molecule has 3 aromatic rings. The molecule has 0 aliphatic carbocycles. The normalized spacial score (nSPS) is 12.8. The summed E-state index contributed by atoms with van der Waals surface area (Å²) in [5.41, 5.74) is 1.21. The summed E-state index contributed by atoms with van der Waals surface area (Å²) in [7, 11) is 0.